The summed E-state index contributed by atoms with van der Waals surface area (Å²) in [5.41, 5.74) is 1.99. The predicted octanol–water partition coefficient (Wildman–Crippen LogP) is 8.07. The van der Waals surface area contributed by atoms with Crippen LogP contribution in [0.15, 0.2) is 24.3 Å². The van der Waals surface area contributed by atoms with Crippen molar-refractivity contribution in [3.05, 3.63) is 35.4 Å². The fourth-order valence-electron chi connectivity index (χ4n) is 6.32. The second kappa shape index (κ2) is 11.2. The van der Waals surface area contributed by atoms with Crippen molar-refractivity contribution in [2.45, 2.75) is 112 Å². The molecule has 2 aliphatic rings. The molecule has 1 aromatic carbocycles. The molecule has 0 aliphatic heterocycles. The lowest BCUT2D eigenvalue weighted by atomic mass is 9.58. The number of carbonyl (C=O) groups is 1. The van der Waals surface area contributed by atoms with Crippen LogP contribution in [0, 0.1) is 29.1 Å². The monoisotopic (exact) mass is 444 g/mol. The minimum Gasteiger partial charge on any atom is -0.481 e. The summed E-state index contributed by atoms with van der Waals surface area (Å²) in [6.07, 6.45) is 5.94. The number of ether oxygens (including phenoxy) is 1. The summed E-state index contributed by atoms with van der Waals surface area (Å²) < 4.78 is 6.49. The maximum atomic E-state index is 11.7. The minimum atomic E-state index is -0.626. The van der Waals surface area contributed by atoms with Crippen molar-refractivity contribution in [1.82, 2.24) is 0 Å². The minimum absolute atomic E-state index is 0.135. The third-order valence-corrected chi connectivity index (χ3v) is 7.63. The molecule has 0 spiro atoms. The lowest BCUT2D eigenvalue weighted by Crippen LogP contribution is -2.47. The van der Waals surface area contributed by atoms with Gasteiger partial charge < -0.3 is 9.84 Å². The van der Waals surface area contributed by atoms with Gasteiger partial charge in [-0.2, -0.15) is 0 Å². The molecule has 3 heteroatoms. The maximum Gasteiger partial charge on any atom is 0.309 e. The summed E-state index contributed by atoms with van der Waals surface area (Å²) in [7, 11) is 0. The molecule has 182 valence electrons. The van der Waals surface area contributed by atoms with E-state index in [0.29, 0.717) is 36.2 Å². The smallest absolute Gasteiger partial charge is 0.309 e. The summed E-state index contributed by atoms with van der Waals surface area (Å²) in [5, 5.41) is 9.65. The quantitative estimate of drug-likeness (QED) is 0.441. The number of hydrogen-bond donors (Lipinski definition) is 1. The van der Waals surface area contributed by atoms with E-state index >= 15 is 0 Å². The molecule has 3 nitrogen and oxygen atoms in total. The number of carboxylic acid groups (broad SMARTS) is 1. The summed E-state index contributed by atoms with van der Waals surface area (Å²) in [6.45, 7) is 18.1. The van der Waals surface area contributed by atoms with E-state index in [-0.39, 0.29) is 5.60 Å². The fraction of sp³-hybridized carbons (Fsp3) is 0.759. The van der Waals surface area contributed by atoms with Crippen LogP contribution in [0.25, 0.3) is 0 Å². The van der Waals surface area contributed by atoms with Crippen LogP contribution >= 0.6 is 0 Å². The van der Waals surface area contributed by atoms with Crippen LogP contribution in [0.5, 0.6) is 0 Å². The first-order valence-corrected chi connectivity index (χ1v) is 13.0. The highest BCUT2D eigenvalue weighted by molar-refractivity contribution is 5.74. The number of aliphatic carboxylic acids is 1. The Bertz CT molecular complexity index is 704. The Morgan fingerprint density at radius 2 is 1.53 bits per heavy atom. The van der Waals surface area contributed by atoms with Gasteiger partial charge in [-0.15, -0.1) is 0 Å². The van der Waals surface area contributed by atoms with E-state index < -0.39 is 11.4 Å². The van der Waals surface area contributed by atoms with E-state index in [0.717, 1.165) is 25.7 Å². The SMILES string of the molecule is CC.CC(C)CC(c1ccc(COC2(C)CC3CC(C2)CC(C)(C(=O)O)C3)cc1)C(C)C. The van der Waals surface area contributed by atoms with Crippen molar-refractivity contribution in [2.75, 3.05) is 0 Å². The number of hydrogen-bond acceptors (Lipinski definition) is 2. The molecule has 0 radical (unpaired) electrons. The molecule has 2 saturated carbocycles. The Balaban J connectivity index is 0.00000176. The number of fused-ring (bicyclic) bond motifs is 2. The normalized spacial score (nSPS) is 30.6. The van der Waals surface area contributed by atoms with E-state index in [9.17, 15) is 9.90 Å². The predicted molar refractivity (Wildman–Crippen MR) is 134 cm³/mol. The van der Waals surface area contributed by atoms with Gasteiger partial charge in [-0.25, -0.2) is 0 Å². The molecular weight excluding hydrogens is 396 g/mol. The third-order valence-electron chi connectivity index (χ3n) is 7.63. The molecule has 0 amide bonds. The van der Waals surface area contributed by atoms with Gasteiger partial charge in [-0.3, -0.25) is 4.79 Å². The van der Waals surface area contributed by atoms with Gasteiger partial charge in [0.15, 0.2) is 0 Å². The van der Waals surface area contributed by atoms with Crippen LogP contribution < -0.4 is 0 Å². The van der Waals surface area contributed by atoms with Crippen molar-refractivity contribution in [3.8, 4) is 0 Å². The first-order valence-electron chi connectivity index (χ1n) is 13.0. The molecule has 2 aliphatic carbocycles. The molecule has 3 rings (SSSR count). The molecule has 0 saturated heterocycles. The van der Waals surface area contributed by atoms with Gasteiger partial charge in [0, 0.05) is 0 Å². The molecule has 32 heavy (non-hydrogen) atoms. The van der Waals surface area contributed by atoms with Crippen LogP contribution in [-0.4, -0.2) is 16.7 Å². The Morgan fingerprint density at radius 1 is 1.00 bits per heavy atom. The van der Waals surface area contributed by atoms with Crippen LogP contribution in [-0.2, 0) is 16.1 Å². The van der Waals surface area contributed by atoms with Gasteiger partial charge >= 0.3 is 5.97 Å². The van der Waals surface area contributed by atoms with Gasteiger partial charge in [0.1, 0.15) is 0 Å². The molecule has 1 N–H and O–H groups in total. The van der Waals surface area contributed by atoms with Crippen LogP contribution in [0.1, 0.15) is 111 Å². The van der Waals surface area contributed by atoms with Crippen molar-refractivity contribution < 1.29 is 14.6 Å². The van der Waals surface area contributed by atoms with E-state index in [1.165, 1.54) is 24.0 Å². The topological polar surface area (TPSA) is 46.5 Å². The van der Waals surface area contributed by atoms with Crippen LogP contribution in [0.3, 0.4) is 0 Å². The van der Waals surface area contributed by atoms with Gasteiger partial charge in [0.25, 0.3) is 0 Å². The second-order valence-corrected chi connectivity index (χ2v) is 11.6. The largest absolute Gasteiger partial charge is 0.481 e. The summed E-state index contributed by atoms with van der Waals surface area (Å²) in [6, 6.07) is 9.06. The molecule has 0 heterocycles. The highest BCUT2D eigenvalue weighted by Crippen LogP contribution is 2.52. The first kappa shape index (κ1) is 26.9. The zero-order chi connectivity index (χ0) is 24.1. The van der Waals surface area contributed by atoms with Gasteiger partial charge in [0.05, 0.1) is 17.6 Å². The van der Waals surface area contributed by atoms with Crippen LogP contribution in [0.2, 0.25) is 0 Å². The summed E-state index contributed by atoms with van der Waals surface area (Å²) >= 11 is 0. The second-order valence-electron chi connectivity index (χ2n) is 11.6. The van der Waals surface area contributed by atoms with Gasteiger partial charge in [-0.1, -0.05) is 65.8 Å². The fourth-order valence-corrected chi connectivity index (χ4v) is 6.32. The average molecular weight is 445 g/mol. The molecule has 2 bridgehead atoms. The van der Waals surface area contributed by atoms with Crippen molar-refractivity contribution >= 4 is 5.97 Å². The average Bonchev–Trinajstić information content (AvgIpc) is 2.71. The number of rotatable bonds is 8. The summed E-state index contributed by atoms with van der Waals surface area (Å²) in [5.74, 6) is 2.26. The van der Waals surface area contributed by atoms with Crippen molar-refractivity contribution in [2.24, 2.45) is 29.1 Å². The van der Waals surface area contributed by atoms with E-state index in [4.69, 9.17) is 4.74 Å². The Morgan fingerprint density at radius 3 is 1.97 bits per heavy atom. The van der Waals surface area contributed by atoms with E-state index in [1.807, 2.05) is 20.8 Å². The highest BCUT2D eigenvalue weighted by Gasteiger charge is 2.49. The Hall–Kier alpha value is -1.35. The lowest BCUT2D eigenvalue weighted by Gasteiger charge is -2.49. The zero-order valence-electron chi connectivity index (χ0n) is 21.9. The molecule has 1 aromatic rings. The lowest BCUT2D eigenvalue weighted by molar-refractivity contribution is -0.160. The number of carboxylic acids is 1. The standard InChI is InChI=1S/C27H42O3.C2H6/c1-18(2)11-24(19(3)4)23-9-7-20(8-10-23)17-30-27(6)15-21-12-22(16-27)14-26(5,13-21)25(28)29;1-2/h7-10,18-19,21-22,24H,11-17H2,1-6H3,(H,28,29);1-2H3. The number of benzene rings is 1. The first-order chi connectivity index (χ1) is 15.0. The zero-order valence-corrected chi connectivity index (χ0v) is 21.9. The van der Waals surface area contributed by atoms with Crippen LogP contribution in [0.4, 0.5) is 0 Å². The molecule has 0 aromatic heterocycles. The molecule has 2 fully saturated rings. The Kier molecular flexibility index (Phi) is 9.40. The van der Waals surface area contributed by atoms with Crippen molar-refractivity contribution in [1.29, 1.82) is 0 Å². The third kappa shape index (κ3) is 6.83. The van der Waals surface area contributed by atoms with Gasteiger partial charge in [0.2, 0.25) is 0 Å². The van der Waals surface area contributed by atoms with E-state index in [1.54, 1.807) is 0 Å². The Labute approximate surface area is 197 Å². The van der Waals surface area contributed by atoms with Gasteiger partial charge in [-0.05, 0) is 93.1 Å². The molecule has 3 unspecified atom stereocenters. The maximum absolute atomic E-state index is 11.7. The highest BCUT2D eigenvalue weighted by atomic mass is 16.5. The summed E-state index contributed by atoms with van der Waals surface area (Å²) in [4.78, 5) is 11.7. The van der Waals surface area contributed by atoms with Crippen molar-refractivity contribution in [3.63, 3.8) is 0 Å². The molecule has 3 atom stereocenters. The molecular formula is C29H48O3. The van der Waals surface area contributed by atoms with E-state index in [2.05, 4.69) is 58.9 Å².